The van der Waals surface area contributed by atoms with Crippen LogP contribution < -0.4 is 0 Å². The van der Waals surface area contributed by atoms with Crippen molar-refractivity contribution in [3.05, 3.63) is 0 Å². The van der Waals surface area contributed by atoms with E-state index in [0.29, 0.717) is 0 Å². The van der Waals surface area contributed by atoms with Crippen molar-refractivity contribution in [1.82, 2.24) is 0 Å². The Bertz CT molecular complexity index is 8.00. The van der Waals surface area contributed by atoms with Crippen LogP contribution in [-0.4, -0.2) is 40.4 Å². The second-order valence-corrected chi connectivity index (χ2v) is 0. The molecule has 1 nitrogen and oxygen atoms in total. The van der Waals surface area contributed by atoms with Gasteiger partial charge in [0.2, 0.25) is 0 Å². The molecule has 0 unspecified atom stereocenters. The van der Waals surface area contributed by atoms with Crippen LogP contribution >= 0.6 is 0 Å². The van der Waals surface area contributed by atoms with Crippen LogP contribution in [0.2, 0.25) is 0 Å². The Morgan fingerprint density at radius 3 is 1.25 bits per heavy atom. The first-order valence-electron chi connectivity index (χ1n) is 0.136. The molecule has 0 aliphatic carbocycles. The Balaban J connectivity index is -0.00000000500. The van der Waals surface area contributed by atoms with Crippen LogP contribution in [0.4, 0.5) is 0 Å². The van der Waals surface area contributed by atoms with Gasteiger partial charge in [-0.2, -0.15) is 0 Å². The summed E-state index contributed by atoms with van der Waals surface area (Å²) < 4.78 is 7.94. The molecule has 4 heteroatoms. The second kappa shape index (κ2) is 23.2. The SMILES string of the molecule is [Al].[Mg].[O]=[Co]. The van der Waals surface area contributed by atoms with E-state index in [1.807, 2.05) is 0 Å². The molecule has 0 aromatic carbocycles. The van der Waals surface area contributed by atoms with Crippen LogP contribution in [0.1, 0.15) is 0 Å². The Labute approximate surface area is 59.6 Å². The third kappa shape index (κ3) is 9.50. The summed E-state index contributed by atoms with van der Waals surface area (Å²) in [5.41, 5.74) is 0. The molecule has 0 aliphatic heterocycles. The summed E-state index contributed by atoms with van der Waals surface area (Å²) in [7, 11) is 0. The monoisotopic (exact) mass is 126 g/mol. The first-order valence-corrected chi connectivity index (χ1v) is 0.561. The van der Waals surface area contributed by atoms with E-state index in [9.17, 15) is 0 Å². The number of hydrogen-bond acceptors (Lipinski definition) is 1. The molecular weight excluding hydrogens is 126 g/mol. The van der Waals surface area contributed by atoms with Gasteiger partial charge in [0.1, 0.15) is 0 Å². The number of rotatable bonds is 0. The molecule has 5 radical (unpaired) electrons. The first-order chi connectivity index (χ1) is 1.00. The van der Waals surface area contributed by atoms with Crippen molar-refractivity contribution < 1.29 is 19.5 Å². The molecule has 0 spiro atoms. The Kier molecular flexibility index (Phi) is 102. The molecule has 20 valence electrons. The van der Waals surface area contributed by atoms with Crippen molar-refractivity contribution in [2.75, 3.05) is 0 Å². The van der Waals surface area contributed by atoms with Gasteiger partial charge < -0.3 is 0 Å². The summed E-state index contributed by atoms with van der Waals surface area (Å²) in [6.45, 7) is 0. The Morgan fingerprint density at radius 1 is 1.25 bits per heavy atom. The average molecular weight is 126 g/mol. The molecule has 0 bridgehead atoms. The van der Waals surface area contributed by atoms with Crippen molar-refractivity contribution in [2.45, 2.75) is 0 Å². The van der Waals surface area contributed by atoms with Crippen LogP contribution in [0.5, 0.6) is 0 Å². The standard InChI is InChI=1S/Al.Co.Mg.O. The molecule has 0 aromatic rings. The maximum absolute atomic E-state index is 7.94. The van der Waals surface area contributed by atoms with Gasteiger partial charge >= 0.3 is 19.5 Å². The van der Waals surface area contributed by atoms with Crippen LogP contribution in [0.15, 0.2) is 0 Å². The quantitative estimate of drug-likeness (QED) is 0.385. The van der Waals surface area contributed by atoms with Gasteiger partial charge in [0.15, 0.2) is 0 Å². The van der Waals surface area contributed by atoms with Crippen molar-refractivity contribution >= 4 is 40.4 Å². The number of hydrogen-bond donors (Lipinski definition) is 0. The van der Waals surface area contributed by atoms with E-state index >= 15 is 0 Å². The van der Waals surface area contributed by atoms with E-state index < -0.39 is 0 Å². The van der Waals surface area contributed by atoms with Crippen molar-refractivity contribution in [1.29, 1.82) is 0 Å². The van der Waals surface area contributed by atoms with Gasteiger partial charge in [-0.1, -0.05) is 0 Å². The van der Waals surface area contributed by atoms with E-state index in [0.717, 1.165) is 0 Å². The van der Waals surface area contributed by atoms with Gasteiger partial charge in [0.05, 0.1) is 0 Å². The summed E-state index contributed by atoms with van der Waals surface area (Å²) in [5, 5.41) is 0. The first kappa shape index (κ1) is 17.5. The predicted molar refractivity (Wildman–Crippen MR) is 12.2 cm³/mol. The Morgan fingerprint density at radius 2 is 1.25 bits per heavy atom. The normalized spacial score (nSPS) is 1.25. The second-order valence-electron chi connectivity index (χ2n) is 0. The third-order valence-electron chi connectivity index (χ3n) is 0. The van der Waals surface area contributed by atoms with Gasteiger partial charge in [-0.3, -0.25) is 0 Å². The molecular formula is AlCoMgO. The molecule has 0 N–H and O–H groups in total. The Hall–Kier alpha value is 1.61. The zero-order valence-corrected chi connectivity index (χ0v) is 5.64. The fourth-order valence-electron chi connectivity index (χ4n) is 0. The molecule has 0 amide bonds. The van der Waals surface area contributed by atoms with Crippen LogP contribution in [-0.2, 0) is 19.5 Å². The van der Waals surface area contributed by atoms with Crippen molar-refractivity contribution in [3.8, 4) is 0 Å². The summed E-state index contributed by atoms with van der Waals surface area (Å²) in [6, 6.07) is 0. The average Bonchev–Trinajstić information content (AvgIpc) is 1.00. The molecule has 0 aromatic heterocycles. The van der Waals surface area contributed by atoms with Crippen LogP contribution in [0, 0.1) is 0 Å². The van der Waals surface area contributed by atoms with Crippen molar-refractivity contribution in [3.63, 3.8) is 0 Å². The van der Waals surface area contributed by atoms with Gasteiger partial charge in [0.25, 0.3) is 0 Å². The zero-order valence-electron chi connectivity index (χ0n) is 2.03. The third-order valence-corrected chi connectivity index (χ3v) is 0. The predicted octanol–water partition coefficient (Wildman–Crippen LogP) is -0.883. The van der Waals surface area contributed by atoms with E-state index in [-0.39, 0.29) is 40.4 Å². The minimum atomic E-state index is 0. The molecule has 0 fully saturated rings. The zero-order chi connectivity index (χ0) is 2.00. The van der Waals surface area contributed by atoms with Gasteiger partial charge in [-0.25, -0.2) is 0 Å². The molecule has 0 rings (SSSR count). The molecule has 0 atom stereocenters. The van der Waals surface area contributed by atoms with Crippen molar-refractivity contribution in [2.24, 2.45) is 0 Å². The molecule has 0 heterocycles. The van der Waals surface area contributed by atoms with E-state index in [1.165, 1.54) is 0 Å². The van der Waals surface area contributed by atoms with Gasteiger partial charge in [0, 0.05) is 40.4 Å². The van der Waals surface area contributed by atoms with E-state index in [2.05, 4.69) is 15.7 Å². The van der Waals surface area contributed by atoms with Crippen LogP contribution in [0.3, 0.4) is 0 Å². The molecule has 0 aliphatic rings. The summed E-state index contributed by atoms with van der Waals surface area (Å²) >= 11 is 2.31. The fraction of sp³-hybridized carbons (Fsp3) is 0. The summed E-state index contributed by atoms with van der Waals surface area (Å²) in [6.07, 6.45) is 0. The maximum atomic E-state index is 7.94. The minimum absolute atomic E-state index is 0. The summed E-state index contributed by atoms with van der Waals surface area (Å²) in [4.78, 5) is 0. The molecule has 4 heavy (non-hydrogen) atoms. The van der Waals surface area contributed by atoms with Gasteiger partial charge in [-0.15, -0.1) is 0 Å². The van der Waals surface area contributed by atoms with E-state index in [1.54, 1.807) is 0 Å². The topological polar surface area (TPSA) is 17.1 Å². The fourth-order valence-corrected chi connectivity index (χ4v) is 0. The van der Waals surface area contributed by atoms with E-state index in [4.69, 9.17) is 3.87 Å². The summed E-state index contributed by atoms with van der Waals surface area (Å²) in [5.74, 6) is 0. The molecule has 0 saturated heterocycles. The van der Waals surface area contributed by atoms with Crippen LogP contribution in [0.25, 0.3) is 0 Å². The van der Waals surface area contributed by atoms with Gasteiger partial charge in [-0.05, 0) is 0 Å². The molecule has 0 saturated carbocycles.